The van der Waals surface area contributed by atoms with Crippen LogP contribution >= 0.6 is 11.6 Å². The first-order valence-corrected chi connectivity index (χ1v) is 9.03. The molecule has 1 aliphatic carbocycles. The van der Waals surface area contributed by atoms with Gasteiger partial charge in [0, 0.05) is 19.1 Å². The molecule has 25 heavy (non-hydrogen) atoms. The van der Waals surface area contributed by atoms with Crippen LogP contribution in [0.4, 0.5) is 4.39 Å². The Labute approximate surface area is 151 Å². The van der Waals surface area contributed by atoms with E-state index in [9.17, 15) is 14.0 Å². The van der Waals surface area contributed by atoms with E-state index in [-0.39, 0.29) is 29.1 Å². The molecule has 2 amide bonds. The van der Waals surface area contributed by atoms with E-state index in [2.05, 4.69) is 0 Å². The van der Waals surface area contributed by atoms with Crippen LogP contribution in [0, 0.1) is 5.82 Å². The quantitative estimate of drug-likeness (QED) is 0.821. The number of ether oxygens (including phenoxy) is 1. The molecule has 0 unspecified atom stereocenters. The van der Waals surface area contributed by atoms with Crippen LogP contribution in [0.5, 0.6) is 5.75 Å². The number of amides is 2. The van der Waals surface area contributed by atoms with Crippen molar-refractivity contribution in [3.05, 3.63) is 29.0 Å². The molecule has 1 atom stereocenters. The molecule has 5 nitrogen and oxygen atoms in total. The minimum absolute atomic E-state index is 0.00138. The van der Waals surface area contributed by atoms with Crippen LogP contribution in [-0.4, -0.2) is 53.4 Å². The van der Waals surface area contributed by atoms with Crippen molar-refractivity contribution in [3.63, 3.8) is 0 Å². The molecule has 1 saturated heterocycles. The zero-order valence-electron chi connectivity index (χ0n) is 14.2. The van der Waals surface area contributed by atoms with E-state index < -0.39 is 11.9 Å². The number of halogens is 2. The second kappa shape index (κ2) is 7.60. The summed E-state index contributed by atoms with van der Waals surface area (Å²) < 4.78 is 18.6. The third-order valence-corrected chi connectivity index (χ3v) is 5.18. The number of benzene rings is 1. The lowest BCUT2D eigenvalue weighted by molar-refractivity contribution is -0.150. The standard InChI is InChI=1S/C18H22ClFN2O3/c1-12(25-16-7-6-13(20)10-15(16)19)18(24)21-8-9-22(17(23)11-21)14-4-2-3-5-14/h6-7,10,12,14H,2-5,8-9,11H2,1H3/t12-/m1/s1. The highest BCUT2D eigenvalue weighted by Crippen LogP contribution is 2.27. The minimum Gasteiger partial charge on any atom is -0.479 e. The smallest absolute Gasteiger partial charge is 0.263 e. The van der Waals surface area contributed by atoms with Crippen LogP contribution < -0.4 is 4.74 Å². The van der Waals surface area contributed by atoms with Crippen LogP contribution in [-0.2, 0) is 9.59 Å². The molecule has 2 fully saturated rings. The van der Waals surface area contributed by atoms with E-state index >= 15 is 0 Å². The summed E-state index contributed by atoms with van der Waals surface area (Å²) in [6, 6.07) is 4.08. The molecule has 0 aromatic heterocycles. The fourth-order valence-corrected chi connectivity index (χ4v) is 3.76. The van der Waals surface area contributed by atoms with Crippen LogP contribution in [0.25, 0.3) is 0 Å². The zero-order chi connectivity index (χ0) is 18.0. The van der Waals surface area contributed by atoms with Crippen molar-refractivity contribution in [1.29, 1.82) is 0 Å². The lowest BCUT2D eigenvalue weighted by Gasteiger charge is -2.38. The Morgan fingerprint density at radius 3 is 2.68 bits per heavy atom. The fourth-order valence-electron chi connectivity index (χ4n) is 3.55. The van der Waals surface area contributed by atoms with Gasteiger partial charge in [-0.2, -0.15) is 0 Å². The number of piperazine rings is 1. The second-order valence-electron chi connectivity index (χ2n) is 6.62. The molecule has 1 saturated carbocycles. The van der Waals surface area contributed by atoms with Gasteiger partial charge in [0.2, 0.25) is 5.91 Å². The Bertz CT molecular complexity index is 664. The van der Waals surface area contributed by atoms with Gasteiger partial charge in [0.15, 0.2) is 6.10 Å². The van der Waals surface area contributed by atoms with Gasteiger partial charge in [0.25, 0.3) is 5.91 Å². The average molecular weight is 369 g/mol. The summed E-state index contributed by atoms with van der Waals surface area (Å²) in [6.07, 6.45) is 3.65. The highest BCUT2D eigenvalue weighted by molar-refractivity contribution is 6.32. The van der Waals surface area contributed by atoms with Gasteiger partial charge in [-0.15, -0.1) is 0 Å². The molecule has 0 bridgehead atoms. The first kappa shape index (κ1) is 18.0. The van der Waals surface area contributed by atoms with Crippen molar-refractivity contribution < 1.29 is 18.7 Å². The second-order valence-corrected chi connectivity index (χ2v) is 7.03. The van der Waals surface area contributed by atoms with Crippen molar-refractivity contribution in [3.8, 4) is 5.75 Å². The number of nitrogens with zero attached hydrogens (tertiary/aromatic N) is 2. The summed E-state index contributed by atoms with van der Waals surface area (Å²) in [5, 5.41) is 0.113. The van der Waals surface area contributed by atoms with Gasteiger partial charge in [-0.1, -0.05) is 24.4 Å². The van der Waals surface area contributed by atoms with E-state index in [0.29, 0.717) is 19.1 Å². The number of carbonyl (C=O) groups excluding carboxylic acids is 2. The summed E-state index contributed by atoms with van der Waals surface area (Å²) in [7, 11) is 0. The first-order valence-electron chi connectivity index (χ1n) is 8.65. The van der Waals surface area contributed by atoms with Crippen molar-refractivity contribution in [2.45, 2.75) is 44.8 Å². The monoisotopic (exact) mass is 368 g/mol. The third kappa shape index (κ3) is 4.06. The number of carbonyl (C=O) groups is 2. The van der Waals surface area contributed by atoms with E-state index in [0.717, 1.165) is 18.9 Å². The Morgan fingerprint density at radius 1 is 1.32 bits per heavy atom. The van der Waals surface area contributed by atoms with Gasteiger partial charge in [0.05, 0.1) is 11.6 Å². The number of hydrogen-bond acceptors (Lipinski definition) is 3. The van der Waals surface area contributed by atoms with Crippen molar-refractivity contribution in [2.75, 3.05) is 19.6 Å². The van der Waals surface area contributed by atoms with Gasteiger partial charge in [-0.25, -0.2) is 4.39 Å². The SMILES string of the molecule is C[C@@H](Oc1ccc(F)cc1Cl)C(=O)N1CCN(C2CCCC2)C(=O)C1. The van der Waals surface area contributed by atoms with Crippen LogP contribution in [0.3, 0.4) is 0 Å². The third-order valence-electron chi connectivity index (χ3n) is 4.88. The Hall–Kier alpha value is -1.82. The Balaban J connectivity index is 1.58. The van der Waals surface area contributed by atoms with E-state index in [1.807, 2.05) is 4.90 Å². The molecule has 2 aliphatic rings. The van der Waals surface area contributed by atoms with Gasteiger partial charge < -0.3 is 14.5 Å². The van der Waals surface area contributed by atoms with Gasteiger partial charge in [-0.3, -0.25) is 9.59 Å². The van der Waals surface area contributed by atoms with Crippen molar-refractivity contribution in [2.24, 2.45) is 0 Å². The topological polar surface area (TPSA) is 49.9 Å². The van der Waals surface area contributed by atoms with Crippen LogP contribution in [0.2, 0.25) is 5.02 Å². The summed E-state index contributed by atoms with van der Waals surface area (Å²) in [6.45, 7) is 2.77. The molecular weight excluding hydrogens is 347 g/mol. The lowest BCUT2D eigenvalue weighted by Crippen LogP contribution is -2.56. The molecule has 7 heteroatoms. The predicted molar refractivity (Wildman–Crippen MR) is 92.0 cm³/mol. The summed E-state index contributed by atoms with van der Waals surface area (Å²) in [5.41, 5.74) is 0. The van der Waals surface area contributed by atoms with Crippen LogP contribution in [0.15, 0.2) is 18.2 Å². The predicted octanol–water partition coefficient (Wildman–Crippen LogP) is 2.86. The molecule has 1 heterocycles. The molecule has 0 spiro atoms. The first-order chi connectivity index (χ1) is 12.0. The molecule has 0 N–H and O–H groups in total. The Kier molecular flexibility index (Phi) is 5.47. The molecule has 136 valence electrons. The normalized spacial score (nSPS) is 20.0. The van der Waals surface area contributed by atoms with Gasteiger partial charge >= 0.3 is 0 Å². The molecule has 1 aromatic carbocycles. The largest absolute Gasteiger partial charge is 0.479 e. The summed E-state index contributed by atoms with van der Waals surface area (Å²) in [5.74, 6) is -0.483. The molecule has 0 radical (unpaired) electrons. The molecule has 1 aromatic rings. The zero-order valence-corrected chi connectivity index (χ0v) is 15.0. The maximum absolute atomic E-state index is 13.1. The molecule has 3 rings (SSSR count). The maximum atomic E-state index is 13.1. The van der Waals surface area contributed by atoms with Crippen molar-refractivity contribution in [1.82, 2.24) is 9.80 Å². The highest BCUT2D eigenvalue weighted by Gasteiger charge is 2.34. The Morgan fingerprint density at radius 2 is 2.04 bits per heavy atom. The minimum atomic E-state index is -0.797. The van der Waals surface area contributed by atoms with E-state index in [1.54, 1.807) is 6.92 Å². The van der Waals surface area contributed by atoms with Crippen molar-refractivity contribution >= 4 is 23.4 Å². The van der Waals surface area contributed by atoms with E-state index in [1.165, 1.54) is 29.9 Å². The van der Waals surface area contributed by atoms with Crippen LogP contribution in [0.1, 0.15) is 32.6 Å². The number of hydrogen-bond donors (Lipinski definition) is 0. The van der Waals surface area contributed by atoms with Gasteiger partial charge in [0.1, 0.15) is 11.6 Å². The van der Waals surface area contributed by atoms with E-state index in [4.69, 9.17) is 16.3 Å². The van der Waals surface area contributed by atoms with Gasteiger partial charge in [-0.05, 0) is 38.0 Å². The fraction of sp³-hybridized carbons (Fsp3) is 0.556. The summed E-state index contributed by atoms with van der Waals surface area (Å²) >= 11 is 5.93. The lowest BCUT2D eigenvalue weighted by atomic mass is 10.1. The molecular formula is C18H22ClFN2O3. The summed E-state index contributed by atoms with van der Waals surface area (Å²) in [4.78, 5) is 28.4. The highest BCUT2D eigenvalue weighted by atomic mass is 35.5. The maximum Gasteiger partial charge on any atom is 0.263 e. The molecule has 1 aliphatic heterocycles. The average Bonchev–Trinajstić information content (AvgIpc) is 3.10. The number of rotatable bonds is 4.